The Bertz CT molecular complexity index is 2460. The number of nitrogens with one attached hydrogen (secondary N) is 3. The summed E-state index contributed by atoms with van der Waals surface area (Å²) in [5.74, 6) is -0.881. The molecule has 14 nitrogen and oxygen atoms in total. The summed E-state index contributed by atoms with van der Waals surface area (Å²) < 4.78 is 18.3. The zero-order valence-corrected chi connectivity index (χ0v) is 33.9. The number of aryl methyl sites for hydroxylation is 1. The largest absolute Gasteiger partial charge is 0.369 e. The van der Waals surface area contributed by atoms with Crippen LogP contribution >= 0.6 is 0 Å². The van der Waals surface area contributed by atoms with Gasteiger partial charge in [-0.2, -0.15) is 5.10 Å². The molecule has 3 aromatic heterocycles. The lowest BCUT2D eigenvalue weighted by atomic mass is 9.83. The van der Waals surface area contributed by atoms with Gasteiger partial charge in [0, 0.05) is 98.3 Å². The Kier molecular flexibility index (Phi) is 11.2. The van der Waals surface area contributed by atoms with Crippen molar-refractivity contribution in [2.75, 3.05) is 36.4 Å². The quantitative estimate of drug-likeness (QED) is 0.172. The van der Waals surface area contributed by atoms with Crippen LogP contribution in [0.5, 0.6) is 0 Å². The van der Waals surface area contributed by atoms with Gasteiger partial charge >= 0.3 is 0 Å². The van der Waals surface area contributed by atoms with Crippen LogP contribution in [0.3, 0.4) is 0 Å². The first-order chi connectivity index (χ1) is 29.2. The third-order valence-corrected chi connectivity index (χ3v) is 13.1. The molecule has 2 saturated carbocycles. The molecule has 2 aromatic carbocycles. The van der Waals surface area contributed by atoms with Crippen molar-refractivity contribution >= 4 is 40.3 Å². The highest BCUT2D eigenvalue weighted by molar-refractivity contribution is 6.02. The number of aromatic nitrogens is 5. The average Bonchev–Trinajstić information content (AvgIpc) is 3.60. The predicted octanol–water partition coefficient (Wildman–Crippen LogP) is 5.06. The van der Waals surface area contributed by atoms with E-state index in [1.807, 2.05) is 11.7 Å². The second kappa shape index (κ2) is 17.0. The van der Waals surface area contributed by atoms with Gasteiger partial charge in [0.05, 0.1) is 23.3 Å². The second-order valence-electron chi connectivity index (χ2n) is 16.8. The number of fused-ring (bicyclic) bond motifs is 1. The molecule has 4 fully saturated rings. The van der Waals surface area contributed by atoms with Gasteiger partial charge in [0.25, 0.3) is 5.56 Å². The number of pyridine rings is 1. The molecule has 9 rings (SSSR count). The van der Waals surface area contributed by atoms with Crippen LogP contribution in [0, 0.1) is 11.7 Å². The standard InChI is InChI=1S/C45H51FN10O4/c1-53-38-26-33(16-17-35(38)42(52-53)36-18-19-39(57)50-44(36)60)55-23-21-54(22-24-55)32-14-8-28(9-15-32)43(59)48-30-10-12-31(13-11-30)49-45-47-27-37(46)41(51-45)29-5-4-6-34(25-29)56-20-3-2-7-40(56)58/h2-7,16-17,20,25-28,30-32,36H,8-15,18-19,21-24H2,1H3,(H,48,59)(H,47,49,51)(H,50,57,60). The fraction of sp³-hybridized carbons (Fsp3) is 0.444. The van der Waals surface area contributed by atoms with E-state index in [1.54, 1.807) is 42.6 Å². The van der Waals surface area contributed by atoms with E-state index < -0.39 is 11.7 Å². The summed E-state index contributed by atoms with van der Waals surface area (Å²) in [5.41, 5.74) is 4.02. The SMILES string of the molecule is Cn1nc(C2CCC(=O)NC2=O)c2ccc(N3CCN(C4CCC(C(=O)NC5CCC(Nc6ncc(F)c(-c7cccc(-n8ccccc8=O)c7)n6)CC5)CC4)CC3)cc21. The lowest BCUT2D eigenvalue weighted by molar-refractivity contribution is -0.134. The van der Waals surface area contributed by atoms with Crippen molar-refractivity contribution in [3.05, 3.63) is 94.9 Å². The number of benzene rings is 2. The highest BCUT2D eigenvalue weighted by Crippen LogP contribution is 2.34. The molecule has 312 valence electrons. The highest BCUT2D eigenvalue weighted by Gasteiger charge is 2.34. The molecule has 4 aliphatic rings. The zero-order valence-electron chi connectivity index (χ0n) is 33.9. The van der Waals surface area contributed by atoms with Crippen LogP contribution in [0.1, 0.15) is 75.8 Å². The van der Waals surface area contributed by atoms with E-state index in [9.17, 15) is 23.6 Å². The van der Waals surface area contributed by atoms with E-state index in [0.717, 1.165) is 99.8 Å². The Balaban J connectivity index is 0.720. The summed E-state index contributed by atoms with van der Waals surface area (Å²) in [7, 11) is 1.90. The molecule has 1 atom stereocenters. The highest BCUT2D eigenvalue weighted by atomic mass is 19.1. The normalized spacial score (nSPS) is 24.0. The number of imide groups is 1. The van der Waals surface area contributed by atoms with E-state index in [4.69, 9.17) is 5.10 Å². The van der Waals surface area contributed by atoms with Gasteiger partial charge in [-0.3, -0.25) is 38.6 Å². The third kappa shape index (κ3) is 8.27. The molecule has 2 aliphatic carbocycles. The van der Waals surface area contributed by atoms with Gasteiger partial charge in [0.2, 0.25) is 23.7 Å². The molecule has 60 heavy (non-hydrogen) atoms. The molecule has 0 radical (unpaired) electrons. The van der Waals surface area contributed by atoms with Crippen molar-refractivity contribution in [3.8, 4) is 16.9 Å². The summed E-state index contributed by atoms with van der Waals surface area (Å²) in [4.78, 5) is 63.8. The Morgan fingerprint density at radius 2 is 1.62 bits per heavy atom. The van der Waals surface area contributed by atoms with Crippen LogP contribution in [0.15, 0.2) is 77.9 Å². The van der Waals surface area contributed by atoms with Gasteiger partial charge in [-0.15, -0.1) is 0 Å². The van der Waals surface area contributed by atoms with Crippen molar-refractivity contribution in [2.45, 2.75) is 88.3 Å². The summed E-state index contributed by atoms with van der Waals surface area (Å²) in [5, 5.41) is 14.9. The monoisotopic (exact) mass is 814 g/mol. The maximum Gasteiger partial charge on any atom is 0.255 e. The molecule has 2 saturated heterocycles. The minimum absolute atomic E-state index is 0.0409. The Hall–Kier alpha value is -5.96. The molecule has 5 aromatic rings. The summed E-state index contributed by atoms with van der Waals surface area (Å²) in [6, 6.07) is 19.1. The molecule has 15 heteroatoms. The zero-order chi connectivity index (χ0) is 41.3. The molecular weight excluding hydrogens is 764 g/mol. The van der Waals surface area contributed by atoms with Crippen LogP contribution in [-0.4, -0.2) is 91.2 Å². The first-order valence-electron chi connectivity index (χ1n) is 21.3. The number of halogens is 1. The number of carbonyl (C=O) groups excluding carboxylic acids is 3. The maximum absolute atomic E-state index is 15.0. The predicted molar refractivity (Wildman–Crippen MR) is 226 cm³/mol. The summed E-state index contributed by atoms with van der Waals surface area (Å²) in [6.07, 6.45) is 10.9. The summed E-state index contributed by atoms with van der Waals surface area (Å²) >= 11 is 0. The number of rotatable bonds is 9. The van der Waals surface area contributed by atoms with Crippen LogP contribution in [-0.2, 0) is 21.4 Å². The van der Waals surface area contributed by atoms with Crippen molar-refractivity contribution in [1.82, 2.24) is 39.8 Å². The molecule has 2 aliphatic heterocycles. The number of carbonyl (C=O) groups is 3. The van der Waals surface area contributed by atoms with Gasteiger partial charge in [-0.25, -0.2) is 14.4 Å². The minimum Gasteiger partial charge on any atom is -0.369 e. The van der Waals surface area contributed by atoms with Gasteiger partial charge in [-0.05, 0) is 94.2 Å². The number of amides is 3. The molecule has 5 heterocycles. The molecule has 0 bridgehead atoms. The Labute approximate surface area is 347 Å². The maximum atomic E-state index is 15.0. The van der Waals surface area contributed by atoms with Crippen molar-refractivity contribution in [3.63, 3.8) is 0 Å². The van der Waals surface area contributed by atoms with Crippen LogP contribution < -0.4 is 26.4 Å². The van der Waals surface area contributed by atoms with E-state index in [0.29, 0.717) is 36.1 Å². The number of anilines is 2. The molecule has 3 N–H and O–H groups in total. The first-order valence-corrected chi connectivity index (χ1v) is 21.3. The Morgan fingerprint density at radius 3 is 2.38 bits per heavy atom. The Morgan fingerprint density at radius 1 is 0.833 bits per heavy atom. The van der Waals surface area contributed by atoms with E-state index >= 15 is 0 Å². The van der Waals surface area contributed by atoms with Crippen LogP contribution in [0.4, 0.5) is 16.0 Å². The van der Waals surface area contributed by atoms with E-state index in [1.165, 1.54) is 16.8 Å². The number of hydrogen-bond donors (Lipinski definition) is 3. The molecule has 1 unspecified atom stereocenters. The number of piperidine rings is 1. The van der Waals surface area contributed by atoms with E-state index in [-0.39, 0.29) is 47.0 Å². The number of piperazine rings is 1. The van der Waals surface area contributed by atoms with Gasteiger partial charge in [-0.1, -0.05) is 18.2 Å². The molecular formula is C45H51FN10O4. The van der Waals surface area contributed by atoms with Gasteiger partial charge in [0.1, 0.15) is 5.69 Å². The van der Waals surface area contributed by atoms with E-state index in [2.05, 4.69) is 53.9 Å². The number of nitrogens with zero attached hydrogens (tertiary/aromatic N) is 7. The van der Waals surface area contributed by atoms with Gasteiger partial charge in [0.15, 0.2) is 5.82 Å². The van der Waals surface area contributed by atoms with Crippen LogP contribution in [0.25, 0.3) is 27.8 Å². The summed E-state index contributed by atoms with van der Waals surface area (Å²) in [6.45, 7) is 3.78. The first kappa shape index (κ1) is 39.5. The fourth-order valence-electron chi connectivity index (χ4n) is 9.70. The fourth-order valence-corrected chi connectivity index (χ4v) is 9.70. The lowest BCUT2D eigenvalue weighted by Crippen LogP contribution is -2.52. The molecule has 0 spiro atoms. The van der Waals surface area contributed by atoms with Crippen molar-refractivity contribution in [1.29, 1.82) is 0 Å². The number of hydrogen-bond acceptors (Lipinski definition) is 10. The molecule has 3 amide bonds. The van der Waals surface area contributed by atoms with Crippen molar-refractivity contribution in [2.24, 2.45) is 13.0 Å². The topological polar surface area (TPSA) is 159 Å². The average molecular weight is 815 g/mol. The smallest absolute Gasteiger partial charge is 0.255 e. The second-order valence-corrected chi connectivity index (χ2v) is 16.8. The minimum atomic E-state index is -0.540. The van der Waals surface area contributed by atoms with Crippen LogP contribution in [0.2, 0.25) is 0 Å². The lowest BCUT2D eigenvalue weighted by Gasteiger charge is -2.42. The van der Waals surface area contributed by atoms with Gasteiger partial charge < -0.3 is 15.5 Å². The third-order valence-electron chi connectivity index (χ3n) is 13.1. The van der Waals surface area contributed by atoms with Crippen molar-refractivity contribution < 1.29 is 18.8 Å².